The molecule has 1 aromatic rings. The van der Waals surface area contributed by atoms with E-state index in [4.69, 9.17) is 10.6 Å². The number of nitrogens with two attached hydrogens (primary N) is 1. The maximum absolute atomic E-state index is 5.82. The molecule has 82 valence electrons. The zero-order chi connectivity index (χ0) is 10.5. The van der Waals surface area contributed by atoms with E-state index < -0.39 is 0 Å². The number of rotatable bonds is 3. The van der Waals surface area contributed by atoms with E-state index in [2.05, 4.69) is 12.1 Å². The molecule has 1 fully saturated rings. The first-order valence-corrected chi connectivity index (χ1v) is 5.52. The Kier molecular flexibility index (Phi) is 3.72. The highest BCUT2D eigenvalue weighted by Gasteiger charge is 2.16. The summed E-state index contributed by atoms with van der Waals surface area (Å²) in [6.45, 7) is 2.57. The molecule has 1 aliphatic rings. The maximum Gasteiger partial charge on any atom is 0.0935 e. The molecule has 2 N–H and O–H groups in total. The lowest BCUT2D eigenvalue weighted by Gasteiger charge is -2.29. The Hall–Kier alpha value is -0.900. The molecule has 1 saturated heterocycles. The van der Waals surface area contributed by atoms with Crippen LogP contribution in [-0.2, 0) is 11.4 Å². The first kappa shape index (κ1) is 10.6. The van der Waals surface area contributed by atoms with Gasteiger partial charge < -0.3 is 5.73 Å². The SMILES string of the molecule is NC1CCN(OCc2ccccc2)CC1. The van der Waals surface area contributed by atoms with E-state index in [0.29, 0.717) is 12.6 Å². The molecule has 0 saturated carbocycles. The lowest BCUT2D eigenvalue weighted by atomic mass is 10.1. The maximum atomic E-state index is 5.82. The van der Waals surface area contributed by atoms with Gasteiger partial charge >= 0.3 is 0 Å². The molecular weight excluding hydrogens is 188 g/mol. The number of piperidine rings is 1. The van der Waals surface area contributed by atoms with E-state index >= 15 is 0 Å². The molecule has 0 aromatic heterocycles. The first-order valence-electron chi connectivity index (χ1n) is 5.52. The highest BCUT2D eigenvalue weighted by molar-refractivity contribution is 5.13. The van der Waals surface area contributed by atoms with Gasteiger partial charge in [0, 0.05) is 19.1 Å². The average Bonchev–Trinajstić information content (AvgIpc) is 2.30. The van der Waals surface area contributed by atoms with Crippen LogP contribution in [0.1, 0.15) is 18.4 Å². The fourth-order valence-electron chi connectivity index (χ4n) is 1.74. The quantitative estimate of drug-likeness (QED) is 0.815. The molecule has 2 rings (SSSR count). The van der Waals surface area contributed by atoms with Gasteiger partial charge in [-0.25, -0.2) is 0 Å². The molecule has 0 bridgehead atoms. The zero-order valence-electron chi connectivity index (χ0n) is 8.93. The van der Waals surface area contributed by atoms with Crippen molar-refractivity contribution in [3.63, 3.8) is 0 Å². The largest absolute Gasteiger partial charge is 0.328 e. The van der Waals surface area contributed by atoms with Gasteiger partial charge in [0.2, 0.25) is 0 Å². The van der Waals surface area contributed by atoms with E-state index in [1.807, 2.05) is 23.3 Å². The number of benzene rings is 1. The van der Waals surface area contributed by atoms with E-state index in [9.17, 15) is 0 Å². The Morgan fingerprint density at radius 3 is 2.53 bits per heavy atom. The average molecular weight is 206 g/mol. The van der Waals surface area contributed by atoms with Gasteiger partial charge in [-0.05, 0) is 18.4 Å². The van der Waals surface area contributed by atoms with Gasteiger partial charge in [0.15, 0.2) is 0 Å². The molecule has 1 aliphatic heterocycles. The van der Waals surface area contributed by atoms with Crippen molar-refractivity contribution in [2.75, 3.05) is 13.1 Å². The molecule has 0 radical (unpaired) electrons. The number of hydrogen-bond donors (Lipinski definition) is 1. The lowest BCUT2D eigenvalue weighted by Crippen LogP contribution is -2.39. The van der Waals surface area contributed by atoms with Crippen LogP contribution in [0.2, 0.25) is 0 Å². The van der Waals surface area contributed by atoms with Crippen LogP contribution < -0.4 is 5.73 Å². The third-order valence-electron chi connectivity index (χ3n) is 2.76. The zero-order valence-corrected chi connectivity index (χ0v) is 8.93. The Morgan fingerprint density at radius 2 is 1.87 bits per heavy atom. The van der Waals surface area contributed by atoms with Gasteiger partial charge in [-0.15, -0.1) is 0 Å². The molecule has 0 spiro atoms. The molecule has 3 nitrogen and oxygen atoms in total. The molecule has 3 heteroatoms. The van der Waals surface area contributed by atoms with Crippen LogP contribution >= 0.6 is 0 Å². The second kappa shape index (κ2) is 5.26. The highest BCUT2D eigenvalue weighted by Crippen LogP contribution is 2.10. The van der Waals surface area contributed by atoms with Crippen molar-refractivity contribution >= 4 is 0 Å². The topological polar surface area (TPSA) is 38.5 Å². The normalized spacial score (nSPS) is 19.3. The van der Waals surface area contributed by atoms with Crippen LogP contribution in [0.25, 0.3) is 0 Å². The molecule has 0 atom stereocenters. The van der Waals surface area contributed by atoms with Crippen LogP contribution in [0.3, 0.4) is 0 Å². The predicted octanol–water partition coefficient (Wildman–Crippen LogP) is 1.54. The summed E-state index contributed by atoms with van der Waals surface area (Å²) in [5.41, 5.74) is 7.04. The van der Waals surface area contributed by atoms with E-state index in [-0.39, 0.29) is 0 Å². The third-order valence-corrected chi connectivity index (χ3v) is 2.76. The summed E-state index contributed by atoms with van der Waals surface area (Å²) in [6, 6.07) is 10.6. The summed E-state index contributed by atoms with van der Waals surface area (Å²) in [4.78, 5) is 5.70. The number of hydroxylamine groups is 2. The summed E-state index contributed by atoms with van der Waals surface area (Å²) in [5, 5.41) is 2.02. The summed E-state index contributed by atoms with van der Waals surface area (Å²) >= 11 is 0. The Morgan fingerprint density at radius 1 is 1.20 bits per heavy atom. The number of nitrogens with zero attached hydrogens (tertiary/aromatic N) is 1. The monoisotopic (exact) mass is 206 g/mol. The van der Waals surface area contributed by atoms with Crippen molar-refractivity contribution < 1.29 is 4.84 Å². The fraction of sp³-hybridized carbons (Fsp3) is 0.500. The fourth-order valence-corrected chi connectivity index (χ4v) is 1.74. The van der Waals surface area contributed by atoms with Crippen LogP contribution in [-0.4, -0.2) is 24.2 Å². The molecule has 0 aliphatic carbocycles. The lowest BCUT2D eigenvalue weighted by molar-refractivity contribution is -0.180. The van der Waals surface area contributed by atoms with Crippen molar-refractivity contribution in [3.8, 4) is 0 Å². The molecule has 1 aromatic carbocycles. The smallest absolute Gasteiger partial charge is 0.0935 e. The van der Waals surface area contributed by atoms with Crippen molar-refractivity contribution in [3.05, 3.63) is 35.9 Å². The summed E-state index contributed by atoms with van der Waals surface area (Å²) in [5.74, 6) is 0. The minimum Gasteiger partial charge on any atom is -0.328 e. The van der Waals surface area contributed by atoms with Gasteiger partial charge in [-0.3, -0.25) is 4.84 Å². The molecule has 1 heterocycles. The Labute approximate surface area is 90.8 Å². The van der Waals surface area contributed by atoms with Gasteiger partial charge in [0.25, 0.3) is 0 Å². The van der Waals surface area contributed by atoms with Crippen molar-refractivity contribution in [1.29, 1.82) is 0 Å². The van der Waals surface area contributed by atoms with Crippen LogP contribution in [0.4, 0.5) is 0 Å². The van der Waals surface area contributed by atoms with E-state index in [1.165, 1.54) is 5.56 Å². The summed E-state index contributed by atoms with van der Waals surface area (Å²) in [6.07, 6.45) is 2.07. The first-order chi connectivity index (χ1) is 7.34. The van der Waals surface area contributed by atoms with Crippen molar-refractivity contribution in [2.45, 2.75) is 25.5 Å². The van der Waals surface area contributed by atoms with E-state index in [0.717, 1.165) is 25.9 Å². The second-order valence-electron chi connectivity index (χ2n) is 4.03. The van der Waals surface area contributed by atoms with E-state index in [1.54, 1.807) is 0 Å². The predicted molar refractivity (Wildman–Crippen MR) is 60.0 cm³/mol. The van der Waals surface area contributed by atoms with Gasteiger partial charge in [-0.1, -0.05) is 30.3 Å². The minimum atomic E-state index is 0.363. The van der Waals surface area contributed by atoms with Crippen LogP contribution in [0, 0.1) is 0 Å². The van der Waals surface area contributed by atoms with Gasteiger partial charge in [-0.2, -0.15) is 5.06 Å². The third kappa shape index (κ3) is 3.30. The van der Waals surface area contributed by atoms with Gasteiger partial charge in [0.1, 0.15) is 0 Å². The molecule has 0 amide bonds. The standard InChI is InChI=1S/C12H18N2O/c13-12-6-8-14(9-7-12)15-10-11-4-2-1-3-5-11/h1-5,12H,6-10,13H2. The minimum absolute atomic E-state index is 0.363. The van der Waals surface area contributed by atoms with Crippen LogP contribution in [0.5, 0.6) is 0 Å². The number of hydrogen-bond acceptors (Lipinski definition) is 3. The molecule has 0 unspecified atom stereocenters. The Balaban J connectivity index is 1.74. The van der Waals surface area contributed by atoms with Crippen molar-refractivity contribution in [2.24, 2.45) is 5.73 Å². The molecular formula is C12H18N2O. The van der Waals surface area contributed by atoms with Gasteiger partial charge in [0.05, 0.1) is 6.61 Å². The van der Waals surface area contributed by atoms with Crippen molar-refractivity contribution in [1.82, 2.24) is 5.06 Å². The highest BCUT2D eigenvalue weighted by atomic mass is 16.7. The molecule has 15 heavy (non-hydrogen) atoms. The summed E-state index contributed by atoms with van der Waals surface area (Å²) in [7, 11) is 0. The summed E-state index contributed by atoms with van der Waals surface area (Å²) < 4.78 is 0. The second-order valence-corrected chi connectivity index (χ2v) is 4.03. The Bertz CT molecular complexity index is 281. The van der Waals surface area contributed by atoms with Crippen LogP contribution in [0.15, 0.2) is 30.3 Å².